The Morgan fingerprint density at radius 3 is 2.41 bits per heavy atom. The SMILES string of the molecule is COc1ccccc1NC(=O)C1=C(C)NC(SCC(=O)Nc2cc(C)ccc2C)=C(C#N)[C@H]1c1ccccc1. The Morgan fingerprint density at radius 1 is 0.974 bits per heavy atom. The van der Waals surface area contributed by atoms with Crippen LogP contribution in [0.1, 0.15) is 29.5 Å². The molecule has 3 N–H and O–H groups in total. The highest BCUT2D eigenvalue weighted by molar-refractivity contribution is 8.03. The van der Waals surface area contributed by atoms with E-state index >= 15 is 0 Å². The lowest BCUT2D eigenvalue weighted by Gasteiger charge is -2.30. The van der Waals surface area contributed by atoms with Gasteiger partial charge in [0.1, 0.15) is 5.75 Å². The Hall–Kier alpha value is -4.48. The molecule has 3 aromatic rings. The van der Waals surface area contributed by atoms with Crippen LogP contribution in [-0.4, -0.2) is 24.7 Å². The normalized spacial score (nSPS) is 14.8. The summed E-state index contributed by atoms with van der Waals surface area (Å²) in [7, 11) is 1.54. The molecule has 3 aromatic carbocycles. The molecule has 0 saturated carbocycles. The molecule has 4 rings (SSSR count). The fourth-order valence-electron chi connectivity index (χ4n) is 4.44. The first-order valence-corrected chi connectivity index (χ1v) is 13.4. The summed E-state index contributed by atoms with van der Waals surface area (Å²) in [5, 5.41) is 20.0. The second-order valence-electron chi connectivity index (χ2n) is 9.17. The number of methoxy groups -OCH3 is 1. The van der Waals surface area contributed by atoms with Crippen molar-refractivity contribution in [3.8, 4) is 11.8 Å². The molecule has 0 aromatic heterocycles. The fourth-order valence-corrected chi connectivity index (χ4v) is 5.33. The van der Waals surface area contributed by atoms with Crippen LogP contribution in [0.4, 0.5) is 11.4 Å². The number of anilines is 2. The van der Waals surface area contributed by atoms with Gasteiger partial charge in [-0.1, -0.05) is 66.4 Å². The van der Waals surface area contributed by atoms with E-state index in [1.807, 2.05) is 74.5 Å². The van der Waals surface area contributed by atoms with Crippen molar-refractivity contribution in [3.63, 3.8) is 0 Å². The standard InChI is InChI=1S/C31H30N4O3S/c1-19-14-15-20(2)25(16-19)34-27(36)18-39-31-23(17-32)29(22-10-6-5-7-11-22)28(21(3)33-31)30(37)35-24-12-8-9-13-26(24)38-4/h5-16,29,33H,18H2,1-4H3,(H,34,36)(H,35,37)/t29-/m1/s1. The molecule has 0 radical (unpaired) electrons. The van der Waals surface area contributed by atoms with Crippen molar-refractivity contribution in [2.24, 2.45) is 0 Å². The third kappa shape index (κ3) is 6.33. The molecule has 1 heterocycles. The Labute approximate surface area is 233 Å². The fraction of sp³-hybridized carbons (Fsp3) is 0.194. The number of ether oxygens (including phenoxy) is 1. The Balaban J connectivity index is 1.62. The average molecular weight is 539 g/mol. The number of carbonyl (C=O) groups is 2. The van der Waals surface area contributed by atoms with Gasteiger partial charge in [-0.05, 0) is 55.7 Å². The zero-order valence-electron chi connectivity index (χ0n) is 22.3. The maximum absolute atomic E-state index is 13.7. The van der Waals surface area contributed by atoms with Gasteiger partial charge >= 0.3 is 0 Å². The van der Waals surface area contributed by atoms with Crippen LogP contribution in [0.3, 0.4) is 0 Å². The van der Waals surface area contributed by atoms with Gasteiger partial charge in [-0.15, -0.1) is 0 Å². The van der Waals surface area contributed by atoms with E-state index in [0.717, 1.165) is 22.4 Å². The first-order chi connectivity index (χ1) is 18.8. The smallest absolute Gasteiger partial charge is 0.254 e. The number of thioether (sulfide) groups is 1. The number of carbonyl (C=O) groups excluding carboxylic acids is 2. The van der Waals surface area contributed by atoms with Gasteiger partial charge in [-0.25, -0.2) is 0 Å². The predicted octanol–water partition coefficient (Wildman–Crippen LogP) is 6.02. The molecule has 1 aliphatic heterocycles. The average Bonchev–Trinajstić information content (AvgIpc) is 2.94. The van der Waals surface area contributed by atoms with E-state index in [4.69, 9.17) is 4.74 Å². The molecule has 0 saturated heterocycles. The zero-order chi connectivity index (χ0) is 27.9. The molecule has 2 amide bonds. The Morgan fingerprint density at radius 2 is 1.69 bits per heavy atom. The summed E-state index contributed by atoms with van der Waals surface area (Å²) >= 11 is 1.24. The number of nitrogens with zero attached hydrogens (tertiary/aromatic N) is 1. The lowest BCUT2D eigenvalue weighted by Crippen LogP contribution is -2.31. The second kappa shape index (κ2) is 12.4. The Bertz CT molecular complexity index is 1510. The molecule has 7 nitrogen and oxygen atoms in total. The molecule has 0 unspecified atom stereocenters. The maximum Gasteiger partial charge on any atom is 0.254 e. The zero-order valence-corrected chi connectivity index (χ0v) is 23.1. The minimum Gasteiger partial charge on any atom is -0.495 e. The molecule has 0 spiro atoms. The van der Waals surface area contributed by atoms with Crippen molar-refractivity contribution in [2.75, 3.05) is 23.5 Å². The summed E-state index contributed by atoms with van der Waals surface area (Å²) in [6, 6.07) is 24.8. The molecule has 0 aliphatic carbocycles. The number of amides is 2. The summed E-state index contributed by atoms with van der Waals surface area (Å²) in [5.41, 5.74) is 5.53. The van der Waals surface area contributed by atoms with Gasteiger partial charge in [0, 0.05) is 17.0 Å². The number of aryl methyl sites for hydroxylation is 2. The van der Waals surface area contributed by atoms with Crippen molar-refractivity contribution in [1.82, 2.24) is 5.32 Å². The summed E-state index contributed by atoms with van der Waals surface area (Å²) in [6.45, 7) is 5.72. The molecule has 1 aliphatic rings. The quantitative estimate of drug-likeness (QED) is 0.324. The van der Waals surface area contributed by atoms with Crippen LogP contribution in [0.5, 0.6) is 5.75 Å². The third-order valence-corrected chi connectivity index (χ3v) is 7.41. The van der Waals surface area contributed by atoms with E-state index in [-0.39, 0.29) is 17.6 Å². The topological polar surface area (TPSA) is 103 Å². The van der Waals surface area contributed by atoms with E-state index in [1.165, 1.54) is 11.8 Å². The number of dihydropyridines is 1. The van der Waals surface area contributed by atoms with Crippen molar-refractivity contribution in [3.05, 3.63) is 111 Å². The van der Waals surface area contributed by atoms with Gasteiger partial charge in [-0.2, -0.15) is 5.26 Å². The van der Waals surface area contributed by atoms with Crippen molar-refractivity contribution >= 4 is 35.0 Å². The van der Waals surface area contributed by atoms with E-state index in [1.54, 1.807) is 26.2 Å². The van der Waals surface area contributed by atoms with E-state index in [0.29, 0.717) is 33.3 Å². The van der Waals surface area contributed by atoms with Gasteiger partial charge in [0.2, 0.25) is 5.91 Å². The number of benzene rings is 3. The van der Waals surface area contributed by atoms with Gasteiger partial charge in [0.25, 0.3) is 5.91 Å². The van der Waals surface area contributed by atoms with Crippen LogP contribution >= 0.6 is 11.8 Å². The van der Waals surface area contributed by atoms with Crippen LogP contribution < -0.4 is 20.7 Å². The van der Waals surface area contributed by atoms with E-state index in [9.17, 15) is 14.9 Å². The van der Waals surface area contributed by atoms with Gasteiger partial charge in [0.15, 0.2) is 0 Å². The first-order valence-electron chi connectivity index (χ1n) is 12.4. The second-order valence-corrected chi connectivity index (χ2v) is 10.2. The highest BCUT2D eigenvalue weighted by Crippen LogP contribution is 2.41. The number of rotatable bonds is 8. The highest BCUT2D eigenvalue weighted by atomic mass is 32.2. The lowest BCUT2D eigenvalue weighted by atomic mass is 9.82. The molecular weight excluding hydrogens is 508 g/mol. The minimum absolute atomic E-state index is 0.0957. The van der Waals surface area contributed by atoms with Crippen molar-refractivity contribution < 1.29 is 14.3 Å². The summed E-state index contributed by atoms with van der Waals surface area (Å²) < 4.78 is 5.39. The molecule has 1 atom stereocenters. The number of nitrogens with one attached hydrogen (secondary N) is 3. The summed E-state index contributed by atoms with van der Waals surface area (Å²) in [5.74, 6) is -0.512. The van der Waals surface area contributed by atoms with Crippen LogP contribution in [0.2, 0.25) is 0 Å². The van der Waals surface area contributed by atoms with Crippen molar-refractivity contribution in [2.45, 2.75) is 26.7 Å². The molecule has 0 fully saturated rings. The third-order valence-electron chi connectivity index (χ3n) is 6.39. The Kier molecular flexibility index (Phi) is 8.74. The van der Waals surface area contributed by atoms with Crippen LogP contribution in [-0.2, 0) is 9.59 Å². The molecule has 39 heavy (non-hydrogen) atoms. The number of allylic oxidation sites excluding steroid dienone is 2. The van der Waals surface area contributed by atoms with E-state index in [2.05, 4.69) is 22.0 Å². The van der Waals surface area contributed by atoms with Crippen LogP contribution in [0.25, 0.3) is 0 Å². The van der Waals surface area contributed by atoms with E-state index < -0.39 is 5.92 Å². The van der Waals surface area contributed by atoms with Crippen molar-refractivity contribution in [1.29, 1.82) is 5.26 Å². The molecule has 0 bridgehead atoms. The maximum atomic E-state index is 13.7. The van der Waals surface area contributed by atoms with Gasteiger partial charge in [0.05, 0.1) is 41.1 Å². The monoisotopic (exact) mass is 538 g/mol. The van der Waals surface area contributed by atoms with Crippen LogP contribution in [0, 0.1) is 25.2 Å². The summed E-state index contributed by atoms with van der Waals surface area (Å²) in [6.07, 6.45) is 0. The minimum atomic E-state index is -0.614. The molecule has 8 heteroatoms. The molecular formula is C31H30N4O3S. The van der Waals surface area contributed by atoms with Gasteiger partial charge in [-0.3, -0.25) is 9.59 Å². The number of hydrogen-bond donors (Lipinski definition) is 3. The molecule has 198 valence electrons. The summed E-state index contributed by atoms with van der Waals surface area (Å²) in [4.78, 5) is 26.5. The number of nitriles is 1. The van der Waals surface area contributed by atoms with Gasteiger partial charge < -0.3 is 20.7 Å². The first kappa shape index (κ1) is 27.6. The largest absolute Gasteiger partial charge is 0.495 e. The number of hydrogen-bond acceptors (Lipinski definition) is 6. The lowest BCUT2D eigenvalue weighted by molar-refractivity contribution is -0.114. The number of para-hydroxylation sites is 2. The van der Waals surface area contributed by atoms with Crippen LogP contribution in [0.15, 0.2) is 94.7 Å². The predicted molar refractivity (Wildman–Crippen MR) is 156 cm³/mol. The highest BCUT2D eigenvalue weighted by Gasteiger charge is 2.35.